The average molecular weight is 277 g/mol. The van der Waals surface area contributed by atoms with E-state index in [0.717, 1.165) is 37.9 Å². The van der Waals surface area contributed by atoms with E-state index >= 15 is 0 Å². The molecule has 1 saturated heterocycles. The molecule has 2 heterocycles. The van der Waals surface area contributed by atoms with Crippen molar-refractivity contribution in [2.45, 2.75) is 64.7 Å². The van der Waals surface area contributed by atoms with E-state index in [-0.39, 0.29) is 11.1 Å². The molecule has 2 aliphatic rings. The highest BCUT2D eigenvalue weighted by molar-refractivity contribution is 5.07. The highest BCUT2D eigenvalue weighted by atomic mass is 15.4. The Kier molecular flexibility index (Phi) is 3.37. The molecule has 2 fully saturated rings. The van der Waals surface area contributed by atoms with Crippen molar-refractivity contribution >= 4 is 0 Å². The maximum absolute atomic E-state index is 4.44. The molecule has 5 heteroatoms. The van der Waals surface area contributed by atoms with Crippen LogP contribution in [-0.4, -0.2) is 43.8 Å². The van der Waals surface area contributed by atoms with E-state index in [2.05, 4.69) is 48.0 Å². The molecule has 1 N–H and O–H groups in total. The van der Waals surface area contributed by atoms with Crippen LogP contribution in [0.25, 0.3) is 0 Å². The Morgan fingerprint density at radius 3 is 2.75 bits per heavy atom. The van der Waals surface area contributed by atoms with E-state index in [9.17, 15) is 0 Å². The van der Waals surface area contributed by atoms with E-state index in [1.165, 1.54) is 12.8 Å². The number of nitrogens with one attached hydrogen (secondary N) is 1. The fourth-order valence-electron chi connectivity index (χ4n) is 3.31. The molecule has 0 bridgehead atoms. The van der Waals surface area contributed by atoms with E-state index in [1.54, 1.807) is 6.33 Å². The van der Waals surface area contributed by atoms with Gasteiger partial charge in [-0.15, -0.1) is 0 Å². The lowest BCUT2D eigenvalue weighted by atomic mass is 9.86. The van der Waals surface area contributed by atoms with Gasteiger partial charge < -0.3 is 5.32 Å². The fraction of sp³-hybridized carbons (Fsp3) is 0.867. The minimum atomic E-state index is 0.166. The topological polar surface area (TPSA) is 46.0 Å². The van der Waals surface area contributed by atoms with Gasteiger partial charge in [-0.3, -0.25) is 4.90 Å². The summed E-state index contributed by atoms with van der Waals surface area (Å²) in [6.07, 6.45) is 4.43. The van der Waals surface area contributed by atoms with Crippen molar-refractivity contribution in [3.63, 3.8) is 0 Å². The molecule has 5 nitrogen and oxygen atoms in total. The van der Waals surface area contributed by atoms with Crippen molar-refractivity contribution < 1.29 is 0 Å². The van der Waals surface area contributed by atoms with Crippen LogP contribution in [0.15, 0.2) is 6.33 Å². The molecule has 112 valence electrons. The Morgan fingerprint density at radius 1 is 1.35 bits per heavy atom. The van der Waals surface area contributed by atoms with Crippen LogP contribution in [-0.2, 0) is 13.1 Å². The molecular weight excluding hydrogens is 250 g/mol. The molecule has 0 radical (unpaired) electrons. The first-order chi connectivity index (χ1) is 9.44. The van der Waals surface area contributed by atoms with Crippen molar-refractivity contribution in [1.82, 2.24) is 25.0 Å². The number of hydrogen-bond acceptors (Lipinski definition) is 4. The molecule has 20 heavy (non-hydrogen) atoms. The fourth-order valence-corrected chi connectivity index (χ4v) is 3.31. The van der Waals surface area contributed by atoms with Crippen molar-refractivity contribution in [3.05, 3.63) is 12.2 Å². The zero-order valence-electron chi connectivity index (χ0n) is 13.2. The zero-order chi connectivity index (χ0) is 14.4. The van der Waals surface area contributed by atoms with Gasteiger partial charge in [-0.05, 0) is 46.5 Å². The lowest BCUT2D eigenvalue weighted by Crippen LogP contribution is -2.67. The Hall–Kier alpha value is -0.940. The molecular formula is C15H27N5. The first-order valence-electron chi connectivity index (χ1n) is 7.81. The number of aromatic nitrogens is 3. The van der Waals surface area contributed by atoms with Gasteiger partial charge in [0, 0.05) is 30.7 Å². The molecule has 0 amide bonds. The summed E-state index contributed by atoms with van der Waals surface area (Å²) < 4.78 is 2.01. The van der Waals surface area contributed by atoms with Crippen LogP contribution in [0.1, 0.15) is 46.4 Å². The van der Waals surface area contributed by atoms with Gasteiger partial charge in [0.1, 0.15) is 12.2 Å². The Balaban J connectivity index is 1.78. The zero-order valence-corrected chi connectivity index (χ0v) is 13.2. The predicted molar refractivity (Wildman–Crippen MR) is 79.3 cm³/mol. The molecule has 1 aromatic heterocycles. The quantitative estimate of drug-likeness (QED) is 0.909. The van der Waals surface area contributed by atoms with E-state index in [0.29, 0.717) is 0 Å². The molecule has 1 atom stereocenters. The first kappa shape index (κ1) is 14.0. The second-order valence-electron chi connectivity index (χ2n) is 7.21. The summed E-state index contributed by atoms with van der Waals surface area (Å²) in [5, 5.41) is 8.10. The lowest BCUT2D eigenvalue weighted by molar-refractivity contribution is 0.0150. The van der Waals surface area contributed by atoms with Crippen LogP contribution in [0, 0.1) is 5.92 Å². The SMILES string of the molecule is CCn1ncnc1CN1CC(C)(C2CC2)NCC1(C)C. The van der Waals surface area contributed by atoms with Gasteiger partial charge in [0.25, 0.3) is 0 Å². The summed E-state index contributed by atoms with van der Waals surface area (Å²) in [6, 6.07) is 0. The average Bonchev–Trinajstić information content (AvgIpc) is 3.17. The normalized spacial score (nSPS) is 30.6. The summed E-state index contributed by atoms with van der Waals surface area (Å²) in [5.74, 6) is 1.94. The van der Waals surface area contributed by atoms with Gasteiger partial charge in [0.15, 0.2) is 0 Å². The van der Waals surface area contributed by atoms with Crippen LogP contribution in [0.2, 0.25) is 0 Å². The summed E-state index contributed by atoms with van der Waals surface area (Å²) in [7, 11) is 0. The van der Waals surface area contributed by atoms with Crippen molar-refractivity contribution in [2.24, 2.45) is 5.92 Å². The number of piperazine rings is 1. The first-order valence-corrected chi connectivity index (χ1v) is 7.81. The molecule has 0 spiro atoms. The number of nitrogens with zero attached hydrogens (tertiary/aromatic N) is 4. The van der Waals surface area contributed by atoms with Crippen molar-refractivity contribution in [3.8, 4) is 0 Å². The van der Waals surface area contributed by atoms with Crippen LogP contribution in [0.5, 0.6) is 0 Å². The minimum Gasteiger partial charge on any atom is -0.308 e. The predicted octanol–water partition coefficient (Wildman–Crippen LogP) is 1.65. The molecule has 1 aliphatic heterocycles. The molecule has 3 rings (SSSR count). The maximum atomic E-state index is 4.44. The summed E-state index contributed by atoms with van der Waals surface area (Å²) in [4.78, 5) is 7.03. The van der Waals surface area contributed by atoms with Crippen molar-refractivity contribution in [2.75, 3.05) is 13.1 Å². The van der Waals surface area contributed by atoms with E-state index < -0.39 is 0 Å². The number of hydrogen-bond donors (Lipinski definition) is 1. The third-order valence-electron chi connectivity index (χ3n) is 5.11. The van der Waals surface area contributed by atoms with Crippen molar-refractivity contribution in [1.29, 1.82) is 0 Å². The second kappa shape index (κ2) is 4.81. The standard InChI is InChI=1S/C15H27N5/c1-5-20-13(16-11-18-20)8-19-10-15(4,12-6-7-12)17-9-14(19,2)3/h11-12,17H,5-10H2,1-4H3. The van der Waals surface area contributed by atoms with E-state index in [4.69, 9.17) is 0 Å². The Bertz CT molecular complexity index is 476. The molecule has 1 unspecified atom stereocenters. The number of rotatable bonds is 4. The minimum absolute atomic E-state index is 0.166. The van der Waals surface area contributed by atoms with Crippen LogP contribution < -0.4 is 5.32 Å². The molecule has 1 aliphatic carbocycles. The van der Waals surface area contributed by atoms with Crippen LogP contribution in [0.4, 0.5) is 0 Å². The lowest BCUT2D eigenvalue weighted by Gasteiger charge is -2.51. The Morgan fingerprint density at radius 2 is 2.10 bits per heavy atom. The Labute approximate surface area is 121 Å². The van der Waals surface area contributed by atoms with Gasteiger partial charge in [-0.1, -0.05) is 0 Å². The summed E-state index contributed by atoms with van der Waals surface area (Å²) in [5.41, 5.74) is 0.436. The van der Waals surface area contributed by atoms with Gasteiger partial charge in [-0.2, -0.15) is 5.10 Å². The van der Waals surface area contributed by atoms with Crippen LogP contribution >= 0.6 is 0 Å². The van der Waals surface area contributed by atoms with Gasteiger partial charge >= 0.3 is 0 Å². The number of aryl methyl sites for hydroxylation is 1. The molecule has 1 saturated carbocycles. The summed E-state index contributed by atoms with van der Waals surface area (Å²) in [6.45, 7) is 13.1. The highest BCUT2D eigenvalue weighted by Gasteiger charge is 2.48. The molecule has 1 aromatic rings. The monoisotopic (exact) mass is 277 g/mol. The maximum Gasteiger partial charge on any atom is 0.141 e. The summed E-state index contributed by atoms with van der Waals surface area (Å²) >= 11 is 0. The van der Waals surface area contributed by atoms with Gasteiger partial charge in [0.05, 0.1) is 6.54 Å². The van der Waals surface area contributed by atoms with Gasteiger partial charge in [0.2, 0.25) is 0 Å². The third-order valence-corrected chi connectivity index (χ3v) is 5.11. The molecule has 0 aromatic carbocycles. The van der Waals surface area contributed by atoms with Crippen LogP contribution in [0.3, 0.4) is 0 Å². The van der Waals surface area contributed by atoms with Gasteiger partial charge in [-0.25, -0.2) is 9.67 Å². The highest BCUT2D eigenvalue weighted by Crippen LogP contribution is 2.42. The smallest absolute Gasteiger partial charge is 0.141 e. The van der Waals surface area contributed by atoms with E-state index in [1.807, 2.05) is 4.68 Å². The largest absolute Gasteiger partial charge is 0.308 e. The third kappa shape index (κ3) is 2.49. The second-order valence-corrected chi connectivity index (χ2v) is 7.21.